The molecule has 0 aliphatic rings. The van der Waals surface area contributed by atoms with Gasteiger partial charge >= 0.3 is 17.9 Å². The maximum absolute atomic E-state index is 12.9. The molecule has 0 aromatic heterocycles. The molecule has 1 atom stereocenters. The van der Waals surface area contributed by atoms with E-state index in [4.69, 9.17) is 14.2 Å². The van der Waals surface area contributed by atoms with E-state index in [9.17, 15) is 14.4 Å². The number of unbranched alkanes of at least 4 members (excludes halogenated alkanes) is 35. The SMILES string of the molecule is CC/C=C\C/C=C\C/C=C\C/C=C\C/C=C\CC(=O)OCC(COC(=O)CCCCCCCCCCCCCCCCCCCCCCC)OC(=O)CCCCCCCCCCCCCCCCCC. The molecular weight excluding hydrogens is 865 g/mol. The molecule has 0 amide bonds. The Balaban J connectivity index is 4.38. The van der Waals surface area contributed by atoms with Crippen molar-refractivity contribution in [3.05, 3.63) is 60.8 Å². The highest BCUT2D eigenvalue weighted by Gasteiger charge is 2.19. The molecule has 6 nitrogen and oxygen atoms in total. The molecule has 0 aliphatic heterocycles. The average molecular weight is 980 g/mol. The predicted octanol–water partition coefficient (Wildman–Crippen LogP) is 20.4. The summed E-state index contributed by atoms with van der Waals surface area (Å²) < 4.78 is 16.8. The quantitative estimate of drug-likeness (QED) is 0.0261. The van der Waals surface area contributed by atoms with Gasteiger partial charge in [-0.1, -0.05) is 306 Å². The highest BCUT2D eigenvalue weighted by molar-refractivity contribution is 5.72. The summed E-state index contributed by atoms with van der Waals surface area (Å²) in [5.74, 6) is -1.02. The molecule has 6 heteroatoms. The molecular formula is C64H114O6. The van der Waals surface area contributed by atoms with Crippen LogP contribution in [0, 0.1) is 0 Å². The molecule has 0 radical (unpaired) electrons. The van der Waals surface area contributed by atoms with Crippen molar-refractivity contribution in [3.8, 4) is 0 Å². The summed E-state index contributed by atoms with van der Waals surface area (Å²) in [5, 5.41) is 0. The molecule has 0 saturated carbocycles. The number of rotatable bonds is 55. The van der Waals surface area contributed by atoms with Crippen LogP contribution in [0.4, 0.5) is 0 Å². The molecule has 0 rings (SSSR count). The van der Waals surface area contributed by atoms with E-state index in [0.717, 1.165) is 70.6 Å². The van der Waals surface area contributed by atoms with Gasteiger partial charge in [-0.2, -0.15) is 0 Å². The molecule has 0 N–H and O–H groups in total. The lowest BCUT2D eigenvalue weighted by Crippen LogP contribution is -2.30. The molecule has 1 unspecified atom stereocenters. The minimum atomic E-state index is -0.811. The molecule has 0 fully saturated rings. The Labute approximate surface area is 434 Å². The lowest BCUT2D eigenvalue weighted by Gasteiger charge is -2.18. The van der Waals surface area contributed by atoms with Crippen molar-refractivity contribution in [1.29, 1.82) is 0 Å². The van der Waals surface area contributed by atoms with Crippen LogP contribution in [0.2, 0.25) is 0 Å². The van der Waals surface area contributed by atoms with Crippen LogP contribution in [-0.4, -0.2) is 37.2 Å². The number of carbonyl (C=O) groups is 3. The molecule has 0 bridgehead atoms. The predicted molar refractivity (Wildman–Crippen MR) is 302 cm³/mol. The first-order valence-electron chi connectivity index (χ1n) is 30.3. The Morgan fingerprint density at radius 3 is 0.871 bits per heavy atom. The van der Waals surface area contributed by atoms with Gasteiger partial charge in [0.15, 0.2) is 6.10 Å². The third-order valence-corrected chi connectivity index (χ3v) is 13.3. The zero-order valence-corrected chi connectivity index (χ0v) is 46.5. The van der Waals surface area contributed by atoms with Crippen molar-refractivity contribution < 1.29 is 28.6 Å². The minimum Gasteiger partial charge on any atom is -0.462 e. The van der Waals surface area contributed by atoms with Gasteiger partial charge in [-0.3, -0.25) is 14.4 Å². The van der Waals surface area contributed by atoms with E-state index in [1.165, 1.54) is 199 Å². The molecule has 0 aromatic carbocycles. The van der Waals surface area contributed by atoms with E-state index in [0.29, 0.717) is 12.8 Å². The Morgan fingerprint density at radius 1 is 0.300 bits per heavy atom. The van der Waals surface area contributed by atoms with Gasteiger partial charge < -0.3 is 14.2 Å². The van der Waals surface area contributed by atoms with Gasteiger partial charge in [0.1, 0.15) is 13.2 Å². The minimum absolute atomic E-state index is 0.0995. The Kier molecular flexibility index (Phi) is 56.3. The van der Waals surface area contributed by atoms with Crippen LogP contribution in [0.25, 0.3) is 0 Å². The summed E-state index contributed by atoms with van der Waals surface area (Å²) in [6.07, 6.45) is 73.9. The number of hydrogen-bond acceptors (Lipinski definition) is 6. The Hall–Kier alpha value is -2.89. The molecule has 0 saturated heterocycles. The largest absolute Gasteiger partial charge is 0.462 e. The molecule has 0 aliphatic carbocycles. The van der Waals surface area contributed by atoms with E-state index in [1.54, 1.807) is 6.08 Å². The van der Waals surface area contributed by atoms with Crippen molar-refractivity contribution in [2.24, 2.45) is 0 Å². The summed E-state index contributed by atoms with van der Waals surface area (Å²) >= 11 is 0. The van der Waals surface area contributed by atoms with E-state index < -0.39 is 12.1 Å². The topological polar surface area (TPSA) is 78.9 Å². The van der Waals surface area contributed by atoms with Gasteiger partial charge in [0.05, 0.1) is 6.42 Å². The Morgan fingerprint density at radius 2 is 0.557 bits per heavy atom. The third-order valence-electron chi connectivity index (χ3n) is 13.3. The fourth-order valence-corrected chi connectivity index (χ4v) is 8.81. The van der Waals surface area contributed by atoms with Gasteiger partial charge in [0, 0.05) is 12.8 Å². The highest BCUT2D eigenvalue weighted by Crippen LogP contribution is 2.17. The van der Waals surface area contributed by atoms with Crippen molar-refractivity contribution in [2.75, 3.05) is 13.2 Å². The first-order chi connectivity index (χ1) is 34.5. The van der Waals surface area contributed by atoms with Crippen molar-refractivity contribution >= 4 is 17.9 Å². The molecule has 0 heterocycles. The zero-order chi connectivity index (χ0) is 50.7. The summed E-state index contributed by atoms with van der Waals surface area (Å²) in [7, 11) is 0. The van der Waals surface area contributed by atoms with Gasteiger partial charge in [0.25, 0.3) is 0 Å². The molecule has 0 aromatic rings. The summed E-state index contributed by atoms with van der Waals surface area (Å²) in [5.41, 5.74) is 0. The summed E-state index contributed by atoms with van der Waals surface area (Å²) in [4.78, 5) is 38.1. The maximum Gasteiger partial charge on any atom is 0.309 e. The van der Waals surface area contributed by atoms with Gasteiger partial charge in [0.2, 0.25) is 0 Å². The lowest BCUT2D eigenvalue weighted by molar-refractivity contribution is -0.166. The van der Waals surface area contributed by atoms with Crippen LogP contribution in [0.15, 0.2) is 60.8 Å². The second-order valence-corrected chi connectivity index (χ2v) is 20.3. The van der Waals surface area contributed by atoms with Crippen LogP contribution in [0.1, 0.15) is 310 Å². The van der Waals surface area contributed by atoms with E-state index >= 15 is 0 Å². The molecule has 70 heavy (non-hydrogen) atoms. The monoisotopic (exact) mass is 979 g/mol. The Bertz CT molecular complexity index is 1260. The fourth-order valence-electron chi connectivity index (χ4n) is 8.81. The van der Waals surface area contributed by atoms with Crippen LogP contribution >= 0.6 is 0 Å². The lowest BCUT2D eigenvalue weighted by atomic mass is 10.0. The van der Waals surface area contributed by atoms with Gasteiger partial charge in [-0.15, -0.1) is 0 Å². The smallest absolute Gasteiger partial charge is 0.309 e. The van der Waals surface area contributed by atoms with E-state index in [1.807, 2.05) is 6.08 Å². The number of allylic oxidation sites excluding steroid dienone is 9. The first kappa shape index (κ1) is 67.1. The number of carbonyl (C=O) groups excluding carboxylic acids is 3. The fraction of sp³-hybridized carbons (Fsp3) is 0.797. The van der Waals surface area contributed by atoms with Crippen molar-refractivity contribution in [1.82, 2.24) is 0 Å². The van der Waals surface area contributed by atoms with Crippen molar-refractivity contribution in [2.45, 2.75) is 316 Å². The number of ether oxygens (including phenoxy) is 3. The maximum atomic E-state index is 12.9. The molecule has 0 spiro atoms. The van der Waals surface area contributed by atoms with Gasteiger partial charge in [-0.05, 0) is 44.9 Å². The van der Waals surface area contributed by atoms with Crippen LogP contribution < -0.4 is 0 Å². The van der Waals surface area contributed by atoms with Crippen LogP contribution in [0.3, 0.4) is 0 Å². The average Bonchev–Trinajstić information content (AvgIpc) is 3.36. The second-order valence-electron chi connectivity index (χ2n) is 20.3. The third kappa shape index (κ3) is 56.0. The van der Waals surface area contributed by atoms with Crippen LogP contribution in [-0.2, 0) is 28.6 Å². The summed E-state index contributed by atoms with van der Waals surface area (Å²) in [6, 6.07) is 0. The summed E-state index contributed by atoms with van der Waals surface area (Å²) in [6.45, 7) is 6.49. The highest BCUT2D eigenvalue weighted by atomic mass is 16.6. The second kappa shape index (κ2) is 58.7. The van der Waals surface area contributed by atoms with E-state index in [-0.39, 0.29) is 31.6 Å². The standard InChI is InChI=1S/C64H114O6/c1-4-7-10-13-16-19-22-25-28-30-31-32-33-34-37-39-42-45-48-51-54-57-63(66)69-60-61(59-68-62(65)56-53-50-47-44-41-38-35-27-24-21-18-15-12-9-6-3)70-64(67)58-55-52-49-46-43-40-36-29-26-23-20-17-14-11-8-5-2/h9,12,18,21,27,35,41,44,50,53,61H,4-8,10-11,13-17,19-20,22-26,28-34,36-40,42-43,45-49,51-52,54-60H2,1-3H3/b12-9-,21-18-,35-27-,44-41-,53-50-. The van der Waals surface area contributed by atoms with Crippen LogP contribution in [0.5, 0.6) is 0 Å². The number of hydrogen-bond donors (Lipinski definition) is 0. The normalized spacial score (nSPS) is 12.4. The zero-order valence-electron chi connectivity index (χ0n) is 46.5. The van der Waals surface area contributed by atoms with Crippen molar-refractivity contribution in [3.63, 3.8) is 0 Å². The first-order valence-corrected chi connectivity index (χ1v) is 30.3. The number of esters is 3. The van der Waals surface area contributed by atoms with E-state index in [2.05, 4.69) is 69.4 Å². The van der Waals surface area contributed by atoms with Gasteiger partial charge in [-0.25, -0.2) is 0 Å². The molecule has 406 valence electrons.